The molecule has 1 nitrogen and oxygen atoms in total. The number of hydrogen-bond acceptors (Lipinski definition) is 1. The fraction of sp³-hybridized carbons (Fsp3) is 0.308. The van der Waals surface area contributed by atoms with Crippen molar-refractivity contribution < 1.29 is 4.79 Å². The van der Waals surface area contributed by atoms with Gasteiger partial charge in [0, 0.05) is 11.8 Å². The second kappa shape index (κ2) is 3.09. The van der Waals surface area contributed by atoms with Crippen LogP contribution in [0.5, 0.6) is 0 Å². The molecule has 72 valence electrons. The van der Waals surface area contributed by atoms with Crippen molar-refractivity contribution in [2.75, 3.05) is 0 Å². The molecule has 0 aromatic heterocycles. The second-order valence-corrected chi connectivity index (χ2v) is 4.26. The summed E-state index contributed by atoms with van der Waals surface area (Å²) in [6.45, 7) is 4.19. The predicted octanol–water partition coefficient (Wildman–Crippen LogP) is 2.78. The van der Waals surface area contributed by atoms with E-state index in [1.165, 1.54) is 11.1 Å². The SMILES string of the molecule is Cc1cccc(C2(C)C=CC(=O)C2)c1. The lowest BCUT2D eigenvalue weighted by Gasteiger charge is -2.21. The van der Waals surface area contributed by atoms with Gasteiger partial charge in [-0.15, -0.1) is 0 Å². The molecule has 0 spiro atoms. The van der Waals surface area contributed by atoms with Crippen LogP contribution in [0.2, 0.25) is 0 Å². The number of carbonyl (C=O) groups excluding carboxylic acids is 1. The summed E-state index contributed by atoms with van der Waals surface area (Å²) in [4.78, 5) is 11.2. The maximum atomic E-state index is 11.2. The molecule has 1 aromatic carbocycles. The smallest absolute Gasteiger partial charge is 0.156 e. The number of hydrogen-bond donors (Lipinski definition) is 0. The lowest BCUT2D eigenvalue weighted by Crippen LogP contribution is -2.17. The molecule has 1 aliphatic carbocycles. The third-order valence-electron chi connectivity index (χ3n) is 2.86. The number of ketones is 1. The van der Waals surface area contributed by atoms with Crippen LogP contribution in [0.15, 0.2) is 36.4 Å². The second-order valence-electron chi connectivity index (χ2n) is 4.26. The zero-order chi connectivity index (χ0) is 10.2. The van der Waals surface area contributed by atoms with Gasteiger partial charge in [0.2, 0.25) is 0 Å². The van der Waals surface area contributed by atoms with Crippen molar-refractivity contribution in [1.82, 2.24) is 0 Å². The summed E-state index contributed by atoms with van der Waals surface area (Å²) in [5.41, 5.74) is 2.40. The number of benzene rings is 1. The van der Waals surface area contributed by atoms with Crippen LogP contribution in [0.3, 0.4) is 0 Å². The van der Waals surface area contributed by atoms with Gasteiger partial charge in [0.1, 0.15) is 0 Å². The van der Waals surface area contributed by atoms with E-state index in [2.05, 4.69) is 32.0 Å². The van der Waals surface area contributed by atoms with Gasteiger partial charge in [-0.05, 0) is 18.6 Å². The summed E-state index contributed by atoms with van der Waals surface area (Å²) in [5, 5.41) is 0. The molecule has 0 saturated heterocycles. The molecular weight excluding hydrogens is 172 g/mol. The minimum Gasteiger partial charge on any atom is -0.295 e. The Labute approximate surface area is 84.5 Å². The van der Waals surface area contributed by atoms with Crippen LogP contribution in [0.1, 0.15) is 24.5 Å². The van der Waals surface area contributed by atoms with Crippen molar-refractivity contribution >= 4 is 5.78 Å². The van der Waals surface area contributed by atoms with E-state index in [1.54, 1.807) is 6.08 Å². The summed E-state index contributed by atoms with van der Waals surface area (Å²) in [7, 11) is 0. The molecule has 0 amide bonds. The quantitative estimate of drug-likeness (QED) is 0.659. The fourth-order valence-corrected chi connectivity index (χ4v) is 1.96. The van der Waals surface area contributed by atoms with Crippen LogP contribution in [0, 0.1) is 6.92 Å². The van der Waals surface area contributed by atoms with Gasteiger partial charge >= 0.3 is 0 Å². The van der Waals surface area contributed by atoms with Crippen molar-refractivity contribution in [3.8, 4) is 0 Å². The van der Waals surface area contributed by atoms with Gasteiger partial charge < -0.3 is 0 Å². The molecule has 0 aliphatic heterocycles. The Balaban J connectivity index is 2.40. The standard InChI is InChI=1S/C13H14O/c1-10-4-3-5-11(8-10)13(2)7-6-12(14)9-13/h3-8H,9H2,1-2H3. The average molecular weight is 186 g/mol. The highest BCUT2D eigenvalue weighted by Crippen LogP contribution is 2.33. The zero-order valence-corrected chi connectivity index (χ0v) is 8.58. The monoisotopic (exact) mass is 186 g/mol. The van der Waals surface area contributed by atoms with Crippen LogP contribution in [0.4, 0.5) is 0 Å². The van der Waals surface area contributed by atoms with E-state index in [0.717, 1.165) is 0 Å². The normalized spacial score (nSPS) is 25.7. The highest BCUT2D eigenvalue weighted by atomic mass is 16.1. The first kappa shape index (κ1) is 9.20. The fourth-order valence-electron chi connectivity index (χ4n) is 1.96. The van der Waals surface area contributed by atoms with E-state index in [1.807, 2.05) is 12.1 Å². The van der Waals surface area contributed by atoms with E-state index in [9.17, 15) is 4.79 Å². The first-order valence-electron chi connectivity index (χ1n) is 4.89. The summed E-state index contributed by atoms with van der Waals surface area (Å²) in [5.74, 6) is 0.231. The van der Waals surface area contributed by atoms with Gasteiger partial charge in [-0.3, -0.25) is 4.79 Å². The van der Waals surface area contributed by atoms with Crippen LogP contribution >= 0.6 is 0 Å². The molecule has 1 unspecified atom stereocenters. The molecule has 0 fully saturated rings. The molecule has 1 aromatic rings. The average Bonchev–Trinajstić information content (AvgIpc) is 2.48. The summed E-state index contributed by atoms with van der Waals surface area (Å²) in [6, 6.07) is 8.37. The topological polar surface area (TPSA) is 17.1 Å². The lowest BCUT2D eigenvalue weighted by molar-refractivity contribution is -0.114. The van der Waals surface area contributed by atoms with Crippen molar-refractivity contribution in [1.29, 1.82) is 0 Å². The van der Waals surface area contributed by atoms with Crippen molar-refractivity contribution in [3.63, 3.8) is 0 Å². The Hall–Kier alpha value is -1.37. The maximum Gasteiger partial charge on any atom is 0.156 e. The van der Waals surface area contributed by atoms with Gasteiger partial charge in [0.05, 0.1) is 0 Å². The first-order chi connectivity index (χ1) is 6.60. The Kier molecular flexibility index (Phi) is 2.03. The third kappa shape index (κ3) is 1.50. The summed E-state index contributed by atoms with van der Waals surface area (Å²) in [6.07, 6.45) is 4.32. The zero-order valence-electron chi connectivity index (χ0n) is 8.58. The summed E-state index contributed by atoms with van der Waals surface area (Å²) >= 11 is 0. The van der Waals surface area contributed by atoms with Crippen molar-refractivity contribution in [2.24, 2.45) is 0 Å². The molecule has 0 N–H and O–H groups in total. The predicted molar refractivity (Wildman–Crippen MR) is 57.3 cm³/mol. The largest absolute Gasteiger partial charge is 0.295 e. The van der Waals surface area contributed by atoms with Crippen LogP contribution in [-0.2, 0) is 10.2 Å². The Morgan fingerprint density at radius 2 is 2.14 bits per heavy atom. The molecule has 0 radical (unpaired) electrons. The third-order valence-corrected chi connectivity index (χ3v) is 2.86. The molecule has 14 heavy (non-hydrogen) atoms. The molecule has 0 saturated carbocycles. The van der Waals surface area contributed by atoms with Gasteiger partial charge in [-0.2, -0.15) is 0 Å². The van der Waals surface area contributed by atoms with Crippen molar-refractivity contribution in [3.05, 3.63) is 47.5 Å². The molecule has 0 bridgehead atoms. The van der Waals surface area contributed by atoms with Gasteiger partial charge in [0.25, 0.3) is 0 Å². The van der Waals surface area contributed by atoms with Gasteiger partial charge in [-0.25, -0.2) is 0 Å². The lowest BCUT2D eigenvalue weighted by atomic mass is 9.81. The van der Waals surface area contributed by atoms with Gasteiger partial charge in [-0.1, -0.05) is 42.8 Å². The minimum atomic E-state index is -0.0803. The van der Waals surface area contributed by atoms with E-state index in [0.29, 0.717) is 6.42 Å². The molecule has 1 aliphatic rings. The van der Waals surface area contributed by atoms with Crippen molar-refractivity contribution in [2.45, 2.75) is 25.7 Å². The van der Waals surface area contributed by atoms with E-state index in [-0.39, 0.29) is 11.2 Å². The first-order valence-corrected chi connectivity index (χ1v) is 4.89. The molecule has 1 heteroatoms. The number of allylic oxidation sites excluding steroid dienone is 2. The van der Waals surface area contributed by atoms with E-state index >= 15 is 0 Å². The Morgan fingerprint density at radius 3 is 2.71 bits per heavy atom. The highest BCUT2D eigenvalue weighted by molar-refractivity contribution is 5.94. The van der Waals surface area contributed by atoms with E-state index < -0.39 is 0 Å². The summed E-state index contributed by atoms with van der Waals surface area (Å²) < 4.78 is 0. The number of rotatable bonds is 1. The van der Waals surface area contributed by atoms with E-state index in [4.69, 9.17) is 0 Å². The van der Waals surface area contributed by atoms with Crippen LogP contribution in [0.25, 0.3) is 0 Å². The number of aryl methyl sites for hydroxylation is 1. The molecule has 0 heterocycles. The number of carbonyl (C=O) groups is 1. The molecule has 1 atom stereocenters. The Morgan fingerprint density at radius 1 is 1.36 bits per heavy atom. The Bertz CT molecular complexity index is 403. The minimum absolute atomic E-state index is 0.0803. The maximum absolute atomic E-state index is 11.2. The van der Waals surface area contributed by atoms with Gasteiger partial charge in [0.15, 0.2) is 5.78 Å². The van der Waals surface area contributed by atoms with Crippen LogP contribution < -0.4 is 0 Å². The van der Waals surface area contributed by atoms with Crippen LogP contribution in [-0.4, -0.2) is 5.78 Å². The highest BCUT2D eigenvalue weighted by Gasteiger charge is 2.30. The molecule has 2 rings (SSSR count). The molecular formula is C13H14O.